The number of thiazole rings is 1. The fraction of sp³-hybridized carbons (Fsp3) is 0.120. The van der Waals surface area contributed by atoms with Gasteiger partial charge in [-0.15, -0.1) is 0 Å². The number of hydrogen-bond donors (Lipinski definition) is 3. The van der Waals surface area contributed by atoms with Crippen LogP contribution in [0.5, 0.6) is 11.5 Å². The van der Waals surface area contributed by atoms with Crippen molar-refractivity contribution in [1.82, 2.24) is 15.0 Å². The van der Waals surface area contributed by atoms with Crippen molar-refractivity contribution in [3.05, 3.63) is 66.5 Å². The smallest absolute Gasteiger partial charge is 0.416 e. The van der Waals surface area contributed by atoms with Crippen LogP contribution in [0.1, 0.15) is 5.56 Å². The molecule has 0 unspecified atom stereocenters. The molecule has 5 aromatic rings. The third kappa shape index (κ3) is 5.22. The topological polar surface area (TPSA) is 110 Å². The van der Waals surface area contributed by atoms with Crippen molar-refractivity contribution in [2.75, 3.05) is 30.2 Å². The van der Waals surface area contributed by atoms with E-state index in [1.165, 1.54) is 29.8 Å². The molecule has 13 heteroatoms. The van der Waals surface area contributed by atoms with Crippen LogP contribution in [0.15, 0.2) is 60.9 Å². The summed E-state index contributed by atoms with van der Waals surface area (Å²) in [6.45, 7) is 0. The number of rotatable bonds is 6. The molecule has 0 saturated heterocycles. The molecular formula is C25H19F3N6O3S. The van der Waals surface area contributed by atoms with Gasteiger partial charge >= 0.3 is 12.2 Å². The minimum atomic E-state index is -4.51. The Labute approximate surface area is 217 Å². The number of benzene rings is 3. The van der Waals surface area contributed by atoms with Crippen LogP contribution in [0.2, 0.25) is 0 Å². The van der Waals surface area contributed by atoms with E-state index in [-0.39, 0.29) is 5.69 Å². The number of hydrogen-bond acceptors (Lipinski definition) is 8. The van der Waals surface area contributed by atoms with Gasteiger partial charge in [0.1, 0.15) is 12.1 Å². The van der Waals surface area contributed by atoms with Crippen LogP contribution < -0.4 is 25.4 Å². The summed E-state index contributed by atoms with van der Waals surface area (Å²) in [5, 5.41) is 9.51. The highest BCUT2D eigenvalue weighted by molar-refractivity contribution is 7.22. The van der Waals surface area contributed by atoms with E-state index < -0.39 is 17.8 Å². The van der Waals surface area contributed by atoms with E-state index >= 15 is 0 Å². The van der Waals surface area contributed by atoms with E-state index in [9.17, 15) is 18.0 Å². The Bertz CT molecular complexity index is 1660. The Balaban J connectivity index is 1.34. The first-order valence-corrected chi connectivity index (χ1v) is 11.8. The predicted molar refractivity (Wildman–Crippen MR) is 140 cm³/mol. The zero-order valence-corrected chi connectivity index (χ0v) is 20.7. The number of carbonyl (C=O) groups is 1. The molecule has 3 aromatic carbocycles. The minimum Gasteiger partial charge on any atom is -0.493 e. The summed E-state index contributed by atoms with van der Waals surface area (Å²) in [5.74, 6) is 1.59. The van der Waals surface area contributed by atoms with Crippen molar-refractivity contribution in [2.45, 2.75) is 6.18 Å². The van der Waals surface area contributed by atoms with Crippen LogP contribution >= 0.6 is 11.3 Å². The molecule has 3 N–H and O–H groups in total. The molecule has 0 aliphatic heterocycles. The largest absolute Gasteiger partial charge is 0.493 e. The maximum Gasteiger partial charge on any atom is 0.416 e. The Kier molecular flexibility index (Phi) is 6.59. The van der Waals surface area contributed by atoms with E-state index in [1.807, 2.05) is 0 Å². The van der Waals surface area contributed by atoms with Gasteiger partial charge in [0, 0.05) is 22.8 Å². The third-order valence-electron chi connectivity index (χ3n) is 5.46. The van der Waals surface area contributed by atoms with Gasteiger partial charge in [-0.3, -0.25) is 0 Å². The highest BCUT2D eigenvalue weighted by Crippen LogP contribution is 2.36. The number of methoxy groups -OCH3 is 2. The lowest BCUT2D eigenvalue weighted by atomic mass is 10.2. The van der Waals surface area contributed by atoms with Crippen LogP contribution in [-0.2, 0) is 6.18 Å². The van der Waals surface area contributed by atoms with E-state index in [0.717, 1.165) is 16.8 Å². The number of nitrogens with zero attached hydrogens (tertiary/aromatic N) is 3. The normalized spacial score (nSPS) is 11.4. The van der Waals surface area contributed by atoms with Gasteiger partial charge in [0.15, 0.2) is 16.6 Å². The summed E-state index contributed by atoms with van der Waals surface area (Å²) in [6, 6.07) is 12.3. The van der Waals surface area contributed by atoms with Gasteiger partial charge in [0.05, 0.1) is 35.5 Å². The molecule has 2 amide bonds. The summed E-state index contributed by atoms with van der Waals surface area (Å²) in [6.07, 6.45) is -3.08. The molecule has 0 fully saturated rings. The Morgan fingerprint density at radius 1 is 0.895 bits per heavy atom. The highest BCUT2D eigenvalue weighted by Gasteiger charge is 2.30. The van der Waals surface area contributed by atoms with Crippen LogP contribution in [-0.4, -0.2) is 35.2 Å². The molecule has 0 atom stereocenters. The fourth-order valence-electron chi connectivity index (χ4n) is 3.71. The molecule has 2 heterocycles. The van der Waals surface area contributed by atoms with Crippen molar-refractivity contribution in [3.8, 4) is 11.5 Å². The van der Waals surface area contributed by atoms with Crippen LogP contribution in [0.4, 0.5) is 40.3 Å². The lowest BCUT2D eigenvalue weighted by molar-refractivity contribution is -0.137. The highest BCUT2D eigenvalue weighted by atomic mass is 32.1. The molecule has 0 radical (unpaired) electrons. The standard InChI is InChI=1S/C25H19F3N6O3S/c1-36-19-10-16-18(11-20(19)37-2)29-12-30-22(16)34-24-33-17-7-6-15(9-21(17)38-24)32-23(35)31-14-5-3-4-13(8-14)25(26,27)28/h3-12H,1-2H3,(H2,31,32,35)(H,29,30,33,34). The quantitative estimate of drug-likeness (QED) is 0.221. The second-order valence-corrected chi connectivity index (χ2v) is 8.96. The second-order valence-electron chi connectivity index (χ2n) is 7.93. The van der Waals surface area contributed by atoms with Gasteiger partial charge in [-0.05, 0) is 42.5 Å². The number of aromatic nitrogens is 3. The number of carbonyl (C=O) groups excluding carboxylic acids is 1. The maximum absolute atomic E-state index is 12.9. The average Bonchev–Trinajstić information content (AvgIpc) is 3.29. The number of ether oxygens (including phenoxy) is 2. The number of alkyl halides is 3. The number of nitrogens with one attached hydrogen (secondary N) is 3. The van der Waals surface area contributed by atoms with Crippen molar-refractivity contribution in [3.63, 3.8) is 0 Å². The van der Waals surface area contributed by atoms with Gasteiger partial charge < -0.3 is 25.4 Å². The van der Waals surface area contributed by atoms with Gasteiger partial charge in [-0.1, -0.05) is 17.4 Å². The molecule has 0 bridgehead atoms. The van der Waals surface area contributed by atoms with Gasteiger partial charge in [0.2, 0.25) is 0 Å². The van der Waals surface area contributed by atoms with E-state index in [0.29, 0.717) is 44.6 Å². The monoisotopic (exact) mass is 540 g/mol. The van der Waals surface area contributed by atoms with Crippen LogP contribution in [0.25, 0.3) is 21.1 Å². The zero-order valence-electron chi connectivity index (χ0n) is 19.9. The zero-order chi connectivity index (χ0) is 26.9. The number of amides is 2. The summed E-state index contributed by atoms with van der Waals surface area (Å²) in [7, 11) is 3.09. The minimum absolute atomic E-state index is 0.0222. The SMILES string of the molecule is COc1cc2ncnc(Nc3nc4ccc(NC(=O)Nc5cccc(C(F)(F)F)c5)cc4s3)c2cc1OC. The van der Waals surface area contributed by atoms with Gasteiger partial charge in [-0.25, -0.2) is 19.7 Å². The third-order valence-corrected chi connectivity index (χ3v) is 6.39. The molecule has 0 spiro atoms. The molecule has 0 aliphatic rings. The first kappa shape index (κ1) is 25.0. The molecule has 194 valence electrons. The van der Waals surface area contributed by atoms with Crippen LogP contribution in [0, 0.1) is 0 Å². The molecule has 0 saturated carbocycles. The second kappa shape index (κ2) is 10.0. The molecular weight excluding hydrogens is 521 g/mol. The van der Waals surface area contributed by atoms with Crippen LogP contribution in [0.3, 0.4) is 0 Å². The first-order valence-electron chi connectivity index (χ1n) is 11.0. The molecule has 0 aliphatic carbocycles. The van der Waals surface area contributed by atoms with Gasteiger partial charge in [0.25, 0.3) is 0 Å². The van der Waals surface area contributed by atoms with Crippen molar-refractivity contribution in [2.24, 2.45) is 0 Å². The number of halogens is 3. The van der Waals surface area contributed by atoms with E-state index in [2.05, 4.69) is 30.9 Å². The summed E-state index contributed by atoms with van der Waals surface area (Å²) in [4.78, 5) is 25.6. The van der Waals surface area contributed by atoms with Crippen molar-refractivity contribution >= 4 is 60.8 Å². The molecule has 5 rings (SSSR count). The first-order chi connectivity index (χ1) is 18.2. The lowest BCUT2D eigenvalue weighted by Crippen LogP contribution is -2.19. The average molecular weight is 541 g/mol. The molecule has 2 aromatic heterocycles. The summed E-state index contributed by atoms with van der Waals surface area (Å²) in [5.41, 5.74) is 0.949. The number of anilines is 4. The van der Waals surface area contributed by atoms with Crippen molar-refractivity contribution < 1.29 is 27.4 Å². The van der Waals surface area contributed by atoms with E-state index in [4.69, 9.17) is 9.47 Å². The molecule has 38 heavy (non-hydrogen) atoms. The summed E-state index contributed by atoms with van der Waals surface area (Å²) >= 11 is 1.33. The lowest BCUT2D eigenvalue weighted by Gasteiger charge is -2.11. The maximum atomic E-state index is 12.9. The van der Waals surface area contributed by atoms with Gasteiger partial charge in [-0.2, -0.15) is 13.2 Å². The number of urea groups is 1. The Morgan fingerprint density at radius 3 is 2.37 bits per heavy atom. The molecule has 9 nitrogen and oxygen atoms in total. The van der Waals surface area contributed by atoms with E-state index in [1.54, 1.807) is 44.6 Å². The fourth-order valence-corrected chi connectivity index (χ4v) is 4.61. The van der Waals surface area contributed by atoms with Crippen molar-refractivity contribution in [1.29, 1.82) is 0 Å². The Morgan fingerprint density at radius 2 is 1.63 bits per heavy atom. The Hall–Kier alpha value is -4.65. The summed E-state index contributed by atoms with van der Waals surface area (Å²) < 4.78 is 50.3. The number of fused-ring (bicyclic) bond motifs is 2. The predicted octanol–water partition coefficient (Wildman–Crippen LogP) is 6.66.